The lowest BCUT2D eigenvalue weighted by atomic mass is 9.85. The molecular weight excluding hydrogens is 140 g/mol. The van der Waals surface area contributed by atoms with Gasteiger partial charge in [0.25, 0.3) is 0 Å². The molecule has 0 aliphatic carbocycles. The van der Waals surface area contributed by atoms with Crippen LogP contribution < -0.4 is 0 Å². The zero-order valence-corrected chi connectivity index (χ0v) is 7.25. The molecule has 2 rings (SSSR count). The first-order valence-electron chi connectivity index (χ1n) is 4.52. The van der Waals surface area contributed by atoms with Gasteiger partial charge >= 0.3 is 0 Å². The van der Waals surface area contributed by atoms with Crippen molar-refractivity contribution in [2.24, 2.45) is 17.8 Å². The fourth-order valence-corrected chi connectivity index (χ4v) is 2.18. The smallest absolute Gasteiger partial charge is 0.160 e. The van der Waals surface area contributed by atoms with Crippen molar-refractivity contribution in [2.45, 2.75) is 26.6 Å². The van der Waals surface area contributed by atoms with Crippen LogP contribution >= 0.6 is 0 Å². The highest BCUT2D eigenvalue weighted by Gasteiger charge is 2.42. The molecule has 2 saturated heterocycles. The van der Waals surface area contributed by atoms with E-state index in [1.54, 1.807) is 0 Å². The number of hydrogen-bond donors (Lipinski definition) is 0. The molecule has 0 saturated carbocycles. The Morgan fingerprint density at radius 1 is 1.27 bits per heavy atom. The fraction of sp³-hybridized carbons (Fsp3) is 1.00. The van der Waals surface area contributed by atoms with Crippen molar-refractivity contribution in [1.29, 1.82) is 0 Å². The minimum atomic E-state index is 0.141. The highest BCUT2D eigenvalue weighted by atomic mass is 16.7. The molecule has 0 amide bonds. The molecule has 2 fully saturated rings. The Hall–Kier alpha value is -0.0800. The van der Waals surface area contributed by atoms with Gasteiger partial charge in [0, 0.05) is 5.92 Å². The standard InChI is InChI=1S/C9H16O2/c1-6(2)8-5-11-9-7(8)3-4-10-9/h6-9H,3-5H2,1-2H3/t7-,8+,9+/m0/s1. The molecule has 0 aromatic heterocycles. The summed E-state index contributed by atoms with van der Waals surface area (Å²) in [5.74, 6) is 2.17. The van der Waals surface area contributed by atoms with E-state index in [9.17, 15) is 0 Å². The third-order valence-electron chi connectivity index (χ3n) is 2.94. The minimum absolute atomic E-state index is 0.141. The SMILES string of the molecule is CC(C)[C@H]1CO[C@H]2OCC[C@H]21. The Bertz CT molecular complexity index is 144. The zero-order chi connectivity index (χ0) is 7.84. The summed E-state index contributed by atoms with van der Waals surface area (Å²) in [6.45, 7) is 6.36. The second kappa shape index (κ2) is 2.76. The maximum Gasteiger partial charge on any atom is 0.160 e. The third kappa shape index (κ3) is 1.18. The predicted octanol–water partition coefficient (Wildman–Crippen LogP) is 1.65. The molecule has 2 nitrogen and oxygen atoms in total. The van der Waals surface area contributed by atoms with E-state index in [0.29, 0.717) is 5.92 Å². The van der Waals surface area contributed by atoms with Gasteiger partial charge in [0.05, 0.1) is 13.2 Å². The first kappa shape index (κ1) is 7.56. The van der Waals surface area contributed by atoms with Gasteiger partial charge in [0.1, 0.15) is 0 Å². The molecule has 64 valence electrons. The van der Waals surface area contributed by atoms with Crippen molar-refractivity contribution >= 4 is 0 Å². The van der Waals surface area contributed by atoms with E-state index in [4.69, 9.17) is 9.47 Å². The van der Waals surface area contributed by atoms with E-state index >= 15 is 0 Å². The lowest BCUT2D eigenvalue weighted by molar-refractivity contribution is -0.0906. The van der Waals surface area contributed by atoms with E-state index < -0.39 is 0 Å². The van der Waals surface area contributed by atoms with E-state index in [2.05, 4.69) is 13.8 Å². The van der Waals surface area contributed by atoms with Crippen LogP contribution in [-0.4, -0.2) is 19.5 Å². The van der Waals surface area contributed by atoms with Crippen LogP contribution in [0, 0.1) is 17.8 Å². The average molecular weight is 156 g/mol. The highest BCUT2D eigenvalue weighted by Crippen LogP contribution is 2.38. The molecule has 0 aromatic rings. The van der Waals surface area contributed by atoms with Crippen LogP contribution in [0.5, 0.6) is 0 Å². The summed E-state index contributed by atoms with van der Waals surface area (Å²) < 4.78 is 11.0. The summed E-state index contributed by atoms with van der Waals surface area (Å²) in [6.07, 6.45) is 1.34. The molecule has 0 aromatic carbocycles. The van der Waals surface area contributed by atoms with Crippen LogP contribution in [-0.2, 0) is 9.47 Å². The van der Waals surface area contributed by atoms with Crippen LogP contribution in [0.4, 0.5) is 0 Å². The first-order chi connectivity index (χ1) is 5.29. The van der Waals surface area contributed by atoms with Crippen LogP contribution in [0.15, 0.2) is 0 Å². The van der Waals surface area contributed by atoms with Crippen molar-refractivity contribution < 1.29 is 9.47 Å². The van der Waals surface area contributed by atoms with Crippen LogP contribution in [0.1, 0.15) is 20.3 Å². The maximum absolute atomic E-state index is 5.53. The predicted molar refractivity (Wildman–Crippen MR) is 42.1 cm³/mol. The largest absolute Gasteiger partial charge is 0.352 e. The number of rotatable bonds is 1. The van der Waals surface area contributed by atoms with E-state index in [0.717, 1.165) is 25.0 Å². The van der Waals surface area contributed by atoms with Gasteiger partial charge in [-0.3, -0.25) is 0 Å². The van der Waals surface area contributed by atoms with Crippen molar-refractivity contribution in [3.63, 3.8) is 0 Å². The number of hydrogen-bond acceptors (Lipinski definition) is 2. The summed E-state index contributed by atoms with van der Waals surface area (Å²) in [6, 6.07) is 0. The van der Waals surface area contributed by atoms with Crippen molar-refractivity contribution in [3.8, 4) is 0 Å². The molecule has 0 radical (unpaired) electrons. The molecule has 0 N–H and O–H groups in total. The summed E-state index contributed by atoms with van der Waals surface area (Å²) in [7, 11) is 0. The van der Waals surface area contributed by atoms with Gasteiger partial charge in [0.15, 0.2) is 6.29 Å². The molecule has 3 atom stereocenters. The van der Waals surface area contributed by atoms with Gasteiger partial charge in [-0.1, -0.05) is 13.8 Å². The summed E-state index contributed by atoms with van der Waals surface area (Å²) >= 11 is 0. The lowest BCUT2D eigenvalue weighted by Crippen LogP contribution is -2.19. The van der Waals surface area contributed by atoms with Crippen molar-refractivity contribution in [3.05, 3.63) is 0 Å². The lowest BCUT2D eigenvalue weighted by Gasteiger charge is -2.17. The summed E-state index contributed by atoms with van der Waals surface area (Å²) in [5.41, 5.74) is 0. The monoisotopic (exact) mass is 156 g/mol. The van der Waals surface area contributed by atoms with Gasteiger partial charge in [-0.05, 0) is 18.3 Å². The summed E-state index contributed by atoms with van der Waals surface area (Å²) in [4.78, 5) is 0. The van der Waals surface area contributed by atoms with E-state index in [-0.39, 0.29) is 6.29 Å². The van der Waals surface area contributed by atoms with Gasteiger partial charge in [-0.25, -0.2) is 0 Å². The Morgan fingerprint density at radius 3 is 2.82 bits per heavy atom. The molecule has 2 aliphatic heterocycles. The van der Waals surface area contributed by atoms with E-state index in [1.165, 1.54) is 6.42 Å². The topological polar surface area (TPSA) is 18.5 Å². The second-order valence-corrected chi connectivity index (χ2v) is 3.93. The Kier molecular flexibility index (Phi) is 1.90. The molecule has 2 aliphatic rings. The normalized spacial score (nSPS) is 43.4. The first-order valence-corrected chi connectivity index (χ1v) is 4.52. The summed E-state index contributed by atoms with van der Waals surface area (Å²) in [5, 5.41) is 0. The third-order valence-corrected chi connectivity index (χ3v) is 2.94. The zero-order valence-electron chi connectivity index (χ0n) is 7.25. The van der Waals surface area contributed by atoms with Crippen molar-refractivity contribution in [2.75, 3.05) is 13.2 Å². The Labute approximate surface area is 67.9 Å². The molecule has 2 heteroatoms. The molecule has 2 heterocycles. The molecule has 0 bridgehead atoms. The van der Waals surface area contributed by atoms with Crippen LogP contribution in [0.25, 0.3) is 0 Å². The Morgan fingerprint density at radius 2 is 2.09 bits per heavy atom. The molecular formula is C9H16O2. The number of ether oxygens (including phenoxy) is 2. The minimum Gasteiger partial charge on any atom is -0.352 e. The van der Waals surface area contributed by atoms with Gasteiger partial charge in [-0.2, -0.15) is 0 Å². The second-order valence-electron chi connectivity index (χ2n) is 3.93. The quantitative estimate of drug-likeness (QED) is 0.574. The fourth-order valence-electron chi connectivity index (χ4n) is 2.18. The van der Waals surface area contributed by atoms with Crippen molar-refractivity contribution in [1.82, 2.24) is 0 Å². The van der Waals surface area contributed by atoms with Gasteiger partial charge < -0.3 is 9.47 Å². The molecule has 0 unspecified atom stereocenters. The van der Waals surface area contributed by atoms with Gasteiger partial charge in [0.2, 0.25) is 0 Å². The van der Waals surface area contributed by atoms with Gasteiger partial charge in [-0.15, -0.1) is 0 Å². The molecule has 0 spiro atoms. The van der Waals surface area contributed by atoms with Crippen LogP contribution in [0.3, 0.4) is 0 Å². The van der Waals surface area contributed by atoms with E-state index in [1.807, 2.05) is 0 Å². The maximum atomic E-state index is 5.53. The average Bonchev–Trinajstić information content (AvgIpc) is 2.41. The Balaban J connectivity index is 2.03. The van der Waals surface area contributed by atoms with Crippen LogP contribution in [0.2, 0.25) is 0 Å². The number of fused-ring (bicyclic) bond motifs is 1. The highest BCUT2D eigenvalue weighted by molar-refractivity contribution is 4.84. The molecule has 11 heavy (non-hydrogen) atoms.